The highest BCUT2D eigenvalue weighted by Crippen LogP contribution is 2.55. The maximum absolute atomic E-state index is 12.7. The van der Waals surface area contributed by atoms with E-state index < -0.39 is 0 Å². The Hall–Kier alpha value is -2.21. The first-order valence-electron chi connectivity index (χ1n) is 13.4. The number of amides is 1. The van der Waals surface area contributed by atoms with Crippen LogP contribution in [0, 0.1) is 23.2 Å². The number of benzene rings is 1. The quantitative estimate of drug-likeness (QED) is 0.590. The molecule has 2 unspecified atom stereocenters. The molecule has 5 fully saturated rings. The van der Waals surface area contributed by atoms with E-state index in [1.807, 2.05) is 24.3 Å². The topological polar surface area (TPSA) is 60.0 Å². The van der Waals surface area contributed by atoms with Crippen LogP contribution >= 0.6 is 0 Å². The van der Waals surface area contributed by atoms with Gasteiger partial charge in [0.25, 0.3) is 0 Å². The van der Waals surface area contributed by atoms with Gasteiger partial charge < -0.3 is 19.5 Å². The monoisotopic (exact) mass is 482 g/mol. The number of nitrogens with one attached hydrogen (secondary N) is 1. The largest absolute Gasteiger partial charge is 0.493 e. The smallest absolute Gasteiger partial charge is 0.412 e. The second-order valence-corrected chi connectivity index (χ2v) is 12.0. The van der Waals surface area contributed by atoms with Crippen LogP contribution in [0.5, 0.6) is 11.5 Å². The van der Waals surface area contributed by atoms with Crippen molar-refractivity contribution in [3.8, 4) is 11.5 Å². The Morgan fingerprint density at radius 2 is 1.54 bits per heavy atom. The van der Waals surface area contributed by atoms with Crippen LogP contribution < -0.4 is 14.8 Å². The number of carbonyl (C=O) groups excluding carboxylic acids is 1. The van der Waals surface area contributed by atoms with Crippen LogP contribution in [-0.2, 0) is 4.74 Å². The van der Waals surface area contributed by atoms with E-state index in [4.69, 9.17) is 14.2 Å². The molecular weight excluding hydrogens is 440 g/mol. The predicted molar refractivity (Wildman–Crippen MR) is 137 cm³/mol. The summed E-state index contributed by atoms with van der Waals surface area (Å²) < 4.78 is 15.8. The minimum Gasteiger partial charge on any atom is -0.493 e. The second kappa shape index (κ2) is 9.68. The molecule has 1 heterocycles. The molecule has 6 nitrogen and oxygen atoms in total. The first kappa shape index (κ1) is 24.5. The van der Waals surface area contributed by atoms with E-state index in [-0.39, 0.29) is 11.6 Å². The first-order chi connectivity index (χ1) is 16.8. The van der Waals surface area contributed by atoms with Gasteiger partial charge in [0.05, 0.1) is 14.2 Å². The fourth-order valence-electron chi connectivity index (χ4n) is 8.02. The fourth-order valence-corrected chi connectivity index (χ4v) is 8.02. The standard InChI is InChI=1S/C21H32N2O2.C8H10O2/c1-20-4-3-17(10-18(20)23(2)6-5-20)25-19(24)22-21-11-14-7-15(12-21)9-16(8-14)13-21;1-9-7-5-3-4-6-8(7)10-2/h10,14-16,18H,3-9,11-13H2,1-2H3,(H,22,24);3-6H,1-2H3. The number of likely N-dealkylation sites (tertiary alicyclic amines) is 1. The van der Waals surface area contributed by atoms with Gasteiger partial charge in [-0.3, -0.25) is 4.90 Å². The third kappa shape index (κ3) is 5.04. The molecule has 5 aliphatic carbocycles. The number of hydrogen-bond donors (Lipinski definition) is 1. The molecule has 192 valence electrons. The van der Waals surface area contributed by atoms with Gasteiger partial charge in [-0.2, -0.15) is 0 Å². The van der Waals surface area contributed by atoms with Gasteiger partial charge in [0.2, 0.25) is 0 Å². The Labute approximate surface area is 210 Å². The van der Waals surface area contributed by atoms with Crippen LogP contribution in [0.3, 0.4) is 0 Å². The van der Waals surface area contributed by atoms with Crippen molar-refractivity contribution in [1.29, 1.82) is 0 Å². The molecule has 6 aliphatic rings. The molecule has 4 bridgehead atoms. The van der Waals surface area contributed by atoms with Crippen LogP contribution in [0.4, 0.5) is 4.79 Å². The zero-order valence-electron chi connectivity index (χ0n) is 21.8. The summed E-state index contributed by atoms with van der Waals surface area (Å²) in [5.74, 6) is 4.95. The minimum atomic E-state index is -0.197. The average molecular weight is 483 g/mol. The molecule has 6 heteroatoms. The van der Waals surface area contributed by atoms with Gasteiger partial charge in [0.1, 0.15) is 5.76 Å². The van der Waals surface area contributed by atoms with Gasteiger partial charge in [-0.15, -0.1) is 0 Å². The number of ether oxygens (including phenoxy) is 3. The lowest BCUT2D eigenvalue weighted by atomic mass is 9.53. The van der Waals surface area contributed by atoms with Crippen LogP contribution in [0.2, 0.25) is 0 Å². The lowest BCUT2D eigenvalue weighted by Crippen LogP contribution is -2.59. The maximum Gasteiger partial charge on any atom is 0.412 e. The number of rotatable bonds is 4. The highest BCUT2D eigenvalue weighted by Gasteiger charge is 2.52. The molecule has 35 heavy (non-hydrogen) atoms. The lowest BCUT2D eigenvalue weighted by molar-refractivity contribution is -0.0178. The van der Waals surface area contributed by atoms with E-state index in [9.17, 15) is 4.79 Å². The number of fused-ring (bicyclic) bond motifs is 1. The van der Waals surface area contributed by atoms with Crippen LogP contribution in [0.15, 0.2) is 36.1 Å². The summed E-state index contributed by atoms with van der Waals surface area (Å²) >= 11 is 0. The minimum absolute atomic E-state index is 0.0414. The van der Waals surface area contributed by atoms with Crippen molar-refractivity contribution in [2.24, 2.45) is 23.2 Å². The molecule has 1 amide bonds. The van der Waals surface area contributed by atoms with Crippen molar-refractivity contribution in [2.75, 3.05) is 27.8 Å². The molecule has 4 saturated carbocycles. The van der Waals surface area contributed by atoms with E-state index in [2.05, 4.69) is 30.3 Å². The first-order valence-corrected chi connectivity index (χ1v) is 13.4. The van der Waals surface area contributed by atoms with E-state index in [0.717, 1.165) is 54.4 Å². The molecule has 1 aromatic carbocycles. The molecule has 2 atom stereocenters. The Bertz CT molecular complexity index is 901. The van der Waals surface area contributed by atoms with Gasteiger partial charge in [-0.25, -0.2) is 4.79 Å². The van der Waals surface area contributed by atoms with Crippen LogP contribution in [0.25, 0.3) is 0 Å². The molecular formula is C29H42N2O4. The number of carbonyl (C=O) groups is 1. The van der Waals surface area contributed by atoms with E-state index in [1.54, 1.807) is 14.2 Å². The molecule has 0 radical (unpaired) electrons. The van der Waals surface area contributed by atoms with Gasteiger partial charge >= 0.3 is 6.09 Å². The molecule has 1 saturated heterocycles. The molecule has 1 N–H and O–H groups in total. The van der Waals surface area contributed by atoms with E-state index >= 15 is 0 Å². The maximum atomic E-state index is 12.7. The Kier molecular flexibility index (Phi) is 6.77. The van der Waals surface area contributed by atoms with Crippen LogP contribution in [0.1, 0.15) is 64.7 Å². The summed E-state index contributed by atoms with van der Waals surface area (Å²) in [4.78, 5) is 15.1. The Morgan fingerprint density at radius 1 is 0.971 bits per heavy atom. The fraction of sp³-hybridized carbons (Fsp3) is 0.690. The Morgan fingerprint density at radius 3 is 2.09 bits per heavy atom. The number of nitrogens with zero attached hydrogens (tertiary/aromatic N) is 1. The van der Waals surface area contributed by atoms with E-state index in [1.165, 1.54) is 44.9 Å². The molecule has 1 aliphatic heterocycles. The summed E-state index contributed by atoms with van der Waals surface area (Å²) in [5, 5.41) is 3.34. The number of methoxy groups -OCH3 is 2. The molecule has 0 aromatic heterocycles. The summed E-state index contributed by atoms with van der Waals surface area (Å²) in [6, 6.07) is 7.95. The summed E-state index contributed by atoms with van der Waals surface area (Å²) in [7, 11) is 5.43. The average Bonchev–Trinajstić information content (AvgIpc) is 3.12. The number of para-hydroxylation sites is 2. The van der Waals surface area contributed by atoms with Gasteiger partial charge in [-0.05, 0) is 106 Å². The van der Waals surface area contributed by atoms with E-state index in [0.29, 0.717) is 11.5 Å². The molecule has 1 aromatic rings. The van der Waals surface area contributed by atoms with Crippen molar-refractivity contribution in [2.45, 2.75) is 76.3 Å². The van der Waals surface area contributed by atoms with Crippen molar-refractivity contribution in [1.82, 2.24) is 10.2 Å². The number of allylic oxidation sites excluding steroid dienone is 1. The van der Waals surface area contributed by atoms with Gasteiger partial charge in [0.15, 0.2) is 11.5 Å². The third-order valence-corrected chi connectivity index (χ3v) is 9.43. The highest BCUT2D eigenvalue weighted by atomic mass is 16.6. The Balaban J connectivity index is 0.000000214. The normalized spacial score (nSPS) is 37.0. The van der Waals surface area contributed by atoms with Crippen molar-refractivity contribution in [3.63, 3.8) is 0 Å². The third-order valence-electron chi connectivity index (χ3n) is 9.43. The van der Waals surface area contributed by atoms with Gasteiger partial charge in [0, 0.05) is 18.0 Å². The van der Waals surface area contributed by atoms with Crippen LogP contribution in [-0.4, -0.2) is 50.4 Å². The summed E-state index contributed by atoms with van der Waals surface area (Å²) in [5.41, 5.74) is 0.401. The number of hydrogen-bond acceptors (Lipinski definition) is 5. The SMILES string of the molecule is CN1CCC2(C)CCC(OC(=O)NC34CC5CC(CC(C5)C3)C4)=CC12.COc1ccccc1OC. The number of likely N-dealkylation sites (N-methyl/N-ethyl adjacent to an activating group) is 1. The highest BCUT2D eigenvalue weighted by molar-refractivity contribution is 5.69. The van der Waals surface area contributed by atoms with Crippen molar-refractivity contribution in [3.05, 3.63) is 36.1 Å². The van der Waals surface area contributed by atoms with Gasteiger partial charge in [-0.1, -0.05) is 19.1 Å². The molecule has 7 rings (SSSR count). The zero-order valence-corrected chi connectivity index (χ0v) is 21.8. The lowest BCUT2D eigenvalue weighted by Gasteiger charge is -2.56. The summed E-state index contributed by atoms with van der Waals surface area (Å²) in [6.45, 7) is 3.52. The van der Waals surface area contributed by atoms with Crippen molar-refractivity contribution >= 4 is 6.09 Å². The number of alkyl carbamates (subject to hydrolysis) is 1. The summed E-state index contributed by atoms with van der Waals surface area (Å²) in [6.07, 6.45) is 13.0. The van der Waals surface area contributed by atoms with Crippen molar-refractivity contribution < 1.29 is 19.0 Å². The zero-order chi connectivity index (χ0) is 24.6. The predicted octanol–water partition coefficient (Wildman–Crippen LogP) is 5.77. The second-order valence-electron chi connectivity index (χ2n) is 12.0. The molecule has 0 spiro atoms.